The number of hydrogen-bond donors (Lipinski definition) is 0. The van der Waals surface area contributed by atoms with E-state index < -0.39 is 0 Å². The normalized spacial score (nSPS) is 20.1. The van der Waals surface area contributed by atoms with Gasteiger partial charge in [0.05, 0.1) is 0 Å². The maximum Gasteiger partial charge on any atom is 0.182 e. The van der Waals surface area contributed by atoms with Crippen LogP contribution in [0.3, 0.4) is 0 Å². The molecule has 15 heavy (non-hydrogen) atoms. The molecule has 0 amide bonds. The summed E-state index contributed by atoms with van der Waals surface area (Å²) in [6.45, 7) is -0.277. The van der Waals surface area contributed by atoms with Crippen molar-refractivity contribution < 1.29 is 1.37 Å². The van der Waals surface area contributed by atoms with Gasteiger partial charge in [0.1, 0.15) is 16.1 Å². The number of fused-ring (bicyclic) bond motifs is 1. The summed E-state index contributed by atoms with van der Waals surface area (Å²) < 4.78 is 10.5. The largest absolute Gasteiger partial charge is 0.310 e. The van der Waals surface area contributed by atoms with Crippen LogP contribution in [0.25, 0.3) is 11.5 Å². The van der Waals surface area contributed by atoms with Crippen molar-refractivity contribution in [3.63, 3.8) is 0 Å². The third-order valence-corrected chi connectivity index (χ3v) is 2.83. The zero-order chi connectivity index (χ0) is 11.1. The number of hydrogen-bond acceptors (Lipinski definition) is 3. The zero-order valence-corrected chi connectivity index (χ0v) is 9.48. The molecule has 0 bridgehead atoms. The molecule has 0 aliphatic carbocycles. The lowest BCUT2D eigenvalue weighted by atomic mass is 10.3. The number of halogens is 1. The fourth-order valence-electron chi connectivity index (χ4n) is 1.72. The van der Waals surface area contributed by atoms with E-state index in [9.17, 15) is 0 Å². The molecule has 1 aliphatic rings. The molecule has 2 aromatic rings. The molecule has 1 atom stereocenters. The Hall–Kier alpha value is -1.23. The van der Waals surface area contributed by atoms with E-state index in [0.717, 1.165) is 29.0 Å². The van der Waals surface area contributed by atoms with Crippen LogP contribution in [0.4, 0.5) is 0 Å². The lowest BCUT2D eigenvalue weighted by Gasteiger charge is -2.01. The highest BCUT2D eigenvalue weighted by molar-refractivity contribution is 9.10. The minimum absolute atomic E-state index is 0.277. The monoisotopic (exact) mass is 265 g/mol. The Morgan fingerprint density at radius 3 is 3.20 bits per heavy atom. The summed E-state index contributed by atoms with van der Waals surface area (Å²) in [4.78, 5) is 4.34. The Morgan fingerprint density at radius 2 is 2.33 bits per heavy atom. The molecule has 3 rings (SSSR count). The number of aromatic nitrogens is 4. The van der Waals surface area contributed by atoms with Crippen LogP contribution in [-0.4, -0.2) is 19.7 Å². The van der Waals surface area contributed by atoms with Crippen molar-refractivity contribution in [1.82, 2.24) is 19.7 Å². The van der Waals surface area contributed by atoms with Gasteiger partial charge in [-0.25, -0.2) is 4.98 Å². The molecule has 0 aromatic carbocycles. The summed E-state index contributed by atoms with van der Waals surface area (Å²) in [6, 6.07) is 5.65. The SMILES string of the molecule is [2H]C1CCc2nnc(-c3cccc(Br)n3)n21. The number of rotatable bonds is 1. The van der Waals surface area contributed by atoms with E-state index in [0.29, 0.717) is 5.82 Å². The average molecular weight is 266 g/mol. The first kappa shape index (κ1) is 7.98. The molecule has 0 N–H and O–H groups in total. The van der Waals surface area contributed by atoms with Gasteiger partial charge in [0.25, 0.3) is 0 Å². The summed E-state index contributed by atoms with van der Waals surface area (Å²) >= 11 is 3.33. The van der Waals surface area contributed by atoms with E-state index in [-0.39, 0.29) is 6.52 Å². The van der Waals surface area contributed by atoms with Crippen molar-refractivity contribution in [3.05, 3.63) is 28.6 Å². The number of nitrogens with zero attached hydrogens (tertiary/aromatic N) is 4. The van der Waals surface area contributed by atoms with Crippen LogP contribution in [0.1, 0.15) is 13.6 Å². The minimum atomic E-state index is -0.277. The van der Waals surface area contributed by atoms with Crippen molar-refractivity contribution >= 4 is 15.9 Å². The van der Waals surface area contributed by atoms with E-state index >= 15 is 0 Å². The Morgan fingerprint density at radius 1 is 1.40 bits per heavy atom. The fourth-order valence-corrected chi connectivity index (χ4v) is 2.06. The molecule has 3 heterocycles. The van der Waals surface area contributed by atoms with Gasteiger partial charge < -0.3 is 4.57 Å². The molecule has 2 aromatic heterocycles. The zero-order valence-electron chi connectivity index (χ0n) is 8.89. The fraction of sp³-hybridized carbons (Fsp3) is 0.300. The van der Waals surface area contributed by atoms with Crippen LogP contribution < -0.4 is 0 Å². The summed E-state index contributed by atoms with van der Waals surface area (Å²) in [5.41, 5.74) is 0.757. The summed E-state index contributed by atoms with van der Waals surface area (Å²) in [5, 5.41) is 8.20. The van der Waals surface area contributed by atoms with Crippen LogP contribution in [0.5, 0.6) is 0 Å². The lowest BCUT2D eigenvalue weighted by Crippen LogP contribution is -1.97. The minimum Gasteiger partial charge on any atom is -0.310 e. The van der Waals surface area contributed by atoms with Gasteiger partial charge in [0, 0.05) is 14.3 Å². The Kier molecular flexibility index (Phi) is 1.82. The predicted molar refractivity (Wildman–Crippen MR) is 59.3 cm³/mol. The van der Waals surface area contributed by atoms with Crippen LogP contribution >= 0.6 is 15.9 Å². The second-order valence-electron chi connectivity index (χ2n) is 3.38. The number of aryl methyl sites for hydroxylation is 1. The van der Waals surface area contributed by atoms with Crippen molar-refractivity contribution in [2.24, 2.45) is 0 Å². The highest BCUT2D eigenvalue weighted by Gasteiger charge is 2.18. The molecular weight excluding hydrogens is 256 g/mol. The Bertz CT molecular complexity index is 539. The topological polar surface area (TPSA) is 43.6 Å². The molecule has 0 saturated carbocycles. The second-order valence-corrected chi connectivity index (χ2v) is 4.19. The molecule has 4 nitrogen and oxygen atoms in total. The first-order valence-corrected chi connectivity index (χ1v) is 5.54. The van der Waals surface area contributed by atoms with Gasteiger partial charge in [-0.15, -0.1) is 10.2 Å². The Balaban J connectivity index is 2.14. The standard InChI is InChI=1S/C10H9BrN4/c11-8-4-1-3-7(12-8)10-14-13-9-5-2-6-15(9)10/h1,3-4H,2,5-6H2/i6D. The van der Waals surface area contributed by atoms with E-state index in [1.165, 1.54) is 0 Å². The van der Waals surface area contributed by atoms with Crippen LogP contribution in [-0.2, 0) is 12.9 Å². The van der Waals surface area contributed by atoms with E-state index in [4.69, 9.17) is 1.37 Å². The van der Waals surface area contributed by atoms with Gasteiger partial charge in [-0.05, 0) is 34.5 Å². The van der Waals surface area contributed by atoms with Crippen LogP contribution in [0, 0.1) is 0 Å². The lowest BCUT2D eigenvalue weighted by molar-refractivity contribution is 0.746. The first-order valence-electron chi connectivity index (χ1n) is 5.32. The van der Waals surface area contributed by atoms with Crippen molar-refractivity contribution in [2.75, 3.05) is 0 Å². The molecule has 1 aliphatic heterocycles. The van der Waals surface area contributed by atoms with E-state index in [1.54, 1.807) is 0 Å². The van der Waals surface area contributed by atoms with Gasteiger partial charge in [0.15, 0.2) is 5.82 Å². The predicted octanol–water partition coefficient (Wildman–Crippen LogP) is 2.05. The summed E-state index contributed by atoms with van der Waals surface area (Å²) in [5.74, 6) is 1.57. The Labute approximate surface area is 96.9 Å². The molecule has 0 radical (unpaired) electrons. The van der Waals surface area contributed by atoms with Gasteiger partial charge >= 0.3 is 0 Å². The van der Waals surface area contributed by atoms with Gasteiger partial charge in [0.2, 0.25) is 0 Å². The highest BCUT2D eigenvalue weighted by Crippen LogP contribution is 2.22. The van der Waals surface area contributed by atoms with Crippen LogP contribution in [0.15, 0.2) is 22.8 Å². The third-order valence-electron chi connectivity index (χ3n) is 2.39. The quantitative estimate of drug-likeness (QED) is 0.742. The van der Waals surface area contributed by atoms with Crippen LogP contribution in [0.2, 0.25) is 0 Å². The average Bonchev–Trinajstić information content (AvgIpc) is 2.82. The maximum absolute atomic E-state index is 7.92. The summed E-state index contributed by atoms with van der Waals surface area (Å²) in [7, 11) is 0. The van der Waals surface area contributed by atoms with Gasteiger partial charge in [-0.3, -0.25) is 0 Å². The molecule has 0 fully saturated rings. The van der Waals surface area contributed by atoms with Crippen molar-refractivity contribution in [2.45, 2.75) is 19.4 Å². The molecule has 5 heteroatoms. The second kappa shape index (κ2) is 3.41. The first-order chi connectivity index (χ1) is 7.75. The molecule has 0 saturated heterocycles. The smallest absolute Gasteiger partial charge is 0.182 e. The van der Waals surface area contributed by atoms with E-state index in [2.05, 4.69) is 31.1 Å². The van der Waals surface area contributed by atoms with Crippen molar-refractivity contribution in [3.8, 4) is 11.5 Å². The molecular formula is C10H9BrN4. The maximum atomic E-state index is 7.92. The number of pyridine rings is 1. The van der Waals surface area contributed by atoms with Crippen molar-refractivity contribution in [1.29, 1.82) is 0 Å². The third kappa shape index (κ3) is 1.47. The molecule has 0 spiro atoms. The molecule has 1 unspecified atom stereocenters. The summed E-state index contributed by atoms with van der Waals surface area (Å²) in [6.07, 6.45) is 1.64. The van der Waals surface area contributed by atoms with E-state index in [1.807, 2.05) is 22.8 Å². The van der Waals surface area contributed by atoms with Gasteiger partial charge in [-0.1, -0.05) is 6.07 Å². The highest BCUT2D eigenvalue weighted by atomic mass is 79.9. The van der Waals surface area contributed by atoms with Gasteiger partial charge in [-0.2, -0.15) is 0 Å². The molecule has 76 valence electrons.